The van der Waals surface area contributed by atoms with Crippen molar-refractivity contribution < 1.29 is 30.9 Å². The van der Waals surface area contributed by atoms with Gasteiger partial charge in [-0.3, -0.25) is 4.55 Å². The van der Waals surface area contributed by atoms with Crippen molar-refractivity contribution in [3.63, 3.8) is 0 Å². The molecule has 0 radical (unpaired) electrons. The average molecular weight is 442 g/mol. The number of halogens is 3. The Kier molecular flexibility index (Phi) is 7.72. The maximum absolute atomic E-state index is 10.7. The van der Waals surface area contributed by atoms with Crippen molar-refractivity contribution in [1.29, 1.82) is 0 Å². The summed E-state index contributed by atoms with van der Waals surface area (Å²) in [4.78, 5) is 0.929. The van der Waals surface area contributed by atoms with E-state index in [9.17, 15) is 13.2 Å². The molecule has 0 aliphatic carbocycles. The first kappa shape index (κ1) is 22.8. The van der Waals surface area contributed by atoms with Crippen LogP contribution in [0.15, 0.2) is 89.8 Å². The molecule has 4 nitrogen and oxygen atoms in total. The molecule has 0 atom stereocenters. The molecule has 0 aliphatic rings. The molecule has 0 saturated carbocycles. The Morgan fingerprint density at radius 1 is 0.793 bits per heavy atom. The second kappa shape index (κ2) is 9.82. The predicted octanol–water partition coefficient (Wildman–Crippen LogP) is 5.54. The Bertz CT molecular complexity index is 952. The topological polar surface area (TPSA) is 63.6 Å². The lowest BCUT2D eigenvalue weighted by molar-refractivity contribution is -0.0510. The van der Waals surface area contributed by atoms with Crippen molar-refractivity contribution in [2.75, 3.05) is 0 Å². The lowest BCUT2D eigenvalue weighted by atomic mass is 10.0. The van der Waals surface area contributed by atoms with Crippen LogP contribution < -0.4 is 4.74 Å². The number of thiol groups is 1. The van der Waals surface area contributed by atoms with E-state index in [0.717, 1.165) is 21.8 Å². The first-order valence-corrected chi connectivity index (χ1v) is 10.1. The van der Waals surface area contributed by atoms with Crippen molar-refractivity contribution in [2.24, 2.45) is 0 Å². The SMILES string of the molecule is O=S(=O)(O)C(F)(F)F.Sc1ccc(OC(c2ccccc2)c2ccccc2)cc1. The maximum Gasteiger partial charge on any atom is 0.522 e. The number of benzene rings is 3. The van der Waals surface area contributed by atoms with Gasteiger partial charge in [0.05, 0.1) is 0 Å². The fourth-order valence-corrected chi connectivity index (χ4v) is 2.39. The summed E-state index contributed by atoms with van der Waals surface area (Å²) in [5.74, 6) is 0.838. The lowest BCUT2D eigenvalue weighted by Crippen LogP contribution is -2.21. The van der Waals surface area contributed by atoms with Gasteiger partial charge in [-0.1, -0.05) is 60.7 Å². The molecule has 0 aromatic heterocycles. The summed E-state index contributed by atoms with van der Waals surface area (Å²) < 4.78 is 63.7. The van der Waals surface area contributed by atoms with E-state index >= 15 is 0 Å². The first-order chi connectivity index (χ1) is 13.6. The minimum absolute atomic E-state index is 0.113. The van der Waals surface area contributed by atoms with E-state index in [0.29, 0.717) is 0 Å². The van der Waals surface area contributed by atoms with Gasteiger partial charge in [0, 0.05) is 4.90 Å². The van der Waals surface area contributed by atoms with Crippen LogP contribution in [0.2, 0.25) is 0 Å². The molecule has 9 heteroatoms. The monoisotopic (exact) mass is 442 g/mol. The van der Waals surface area contributed by atoms with Crippen molar-refractivity contribution in [3.8, 4) is 5.75 Å². The fraction of sp³-hybridized carbons (Fsp3) is 0.100. The van der Waals surface area contributed by atoms with Crippen LogP contribution in [0.3, 0.4) is 0 Å². The highest BCUT2D eigenvalue weighted by molar-refractivity contribution is 7.86. The molecule has 0 aliphatic heterocycles. The summed E-state index contributed by atoms with van der Waals surface area (Å²) in [6, 6.07) is 28.3. The van der Waals surface area contributed by atoms with Gasteiger partial charge >= 0.3 is 15.6 Å². The van der Waals surface area contributed by atoms with Crippen LogP contribution in [0, 0.1) is 0 Å². The van der Waals surface area contributed by atoms with Crippen molar-refractivity contribution in [3.05, 3.63) is 96.1 Å². The Balaban J connectivity index is 0.000000321. The second-order valence-electron chi connectivity index (χ2n) is 5.73. The number of ether oxygens (including phenoxy) is 1. The van der Waals surface area contributed by atoms with E-state index in [-0.39, 0.29) is 6.10 Å². The van der Waals surface area contributed by atoms with Gasteiger partial charge in [-0.15, -0.1) is 12.6 Å². The second-order valence-corrected chi connectivity index (χ2v) is 7.66. The summed E-state index contributed by atoms with van der Waals surface area (Å²) in [6.07, 6.45) is -0.113. The molecule has 3 aromatic rings. The van der Waals surface area contributed by atoms with Crippen LogP contribution in [0.1, 0.15) is 17.2 Å². The van der Waals surface area contributed by atoms with E-state index < -0.39 is 15.6 Å². The minimum Gasteiger partial charge on any atom is -0.481 e. The van der Waals surface area contributed by atoms with Crippen LogP contribution >= 0.6 is 12.6 Å². The van der Waals surface area contributed by atoms with Crippen LogP contribution in [0.5, 0.6) is 5.75 Å². The van der Waals surface area contributed by atoms with Crippen LogP contribution in [-0.2, 0) is 10.1 Å². The van der Waals surface area contributed by atoms with Gasteiger partial charge in [0.25, 0.3) is 0 Å². The predicted molar refractivity (Wildman–Crippen MR) is 107 cm³/mol. The summed E-state index contributed by atoms with van der Waals surface area (Å²) in [7, 11) is -5.84. The molecule has 0 heterocycles. The zero-order valence-corrected chi connectivity index (χ0v) is 16.5. The van der Waals surface area contributed by atoms with Gasteiger partial charge in [0.1, 0.15) is 11.9 Å². The molecule has 0 saturated heterocycles. The fourth-order valence-electron chi connectivity index (χ4n) is 2.24. The molecule has 3 rings (SSSR count). The van der Waals surface area contributed by atoms with E-state index in [1.807, 2.05) is 60.7 Å². The molecule has 3 aromatic carbocycles. The standard InChI is InChI=1S/C19H16OS.CHF3O3S/c21-18-13-11-17(12-14-18)20-19(15-7-3-1-4-8-15)16-9-5-2-6-10-16;2-1(3,4)8(5,6)7/h1-14,19,21H;(H,5,6,7). The molecule has 0 fully saturated rings. The van der Waals surface area contributed by atoms with Crippen molar-refractivity contribution >= 4 is 22.7 Å². The summed E-state index contributed by atoms with van der Waals surface area (Å²) in [5, 5.41) is 0. The number of hydrogen-bond donors (Lipinski definition) is 2. The largest absolute Gasteiger partial charge is 0.522 e. The highest BCUT2D eigenvalue weighted by Crippen LogP contribution is 2.28. The van der Waals surface area contributed by atoms with E-state index in [4.69, 9.17) is 17.7 Å². The normalized spacial score (nSPS) is 11.5. The molecule has 1 N–H and O–H groups in total. The Labute approximate surface area is 172 Å². The van der Waals surface area contributed by atoms with Gasteiger partial charge in [0.2, 0.25) is 0 Å². The zero-order chi connectivity index (χ0) is 21.5. The first-order valence-electron chi connectivity index (χ1n) is 8.17. The molecule has 0 amide bonds. The van der Waals surface area contributed by atoms with Crippen LogP contribution in [-0.4, -0.2) is 18.5 Å². The molecular formula is C20H17F3O4S2. The summed E-state index contributed by atoms with van der Waals surface area (Å²) >= 11 is 4.31. The molecular weight excluding hydrogens is 425 g/mol. The van der Waals surface area contributed by atoms with Gasteiger partial charge in [-0.25, -0.2) is 0 Å². The maximum atomic E-state index is 10.7. The lowest BCUT2D eigenvalue weighted by Gasteiger charge is -2.20. The van der Waals surface area contributed by atoms with E-state index in [2.05, 4.69) is 36.9 Å². The number of hydrogen-bond acceptors (Lipinski definition) is 4. The van der Waals surface area contributed by atoms with Crippen molar-refractivity contribution in [1.82, 2.24) is 0 Å². The zero-order valence-electron chi connectivity index (χ0n) is 14.8. The van der Waals surface area contributed by atoms with E-state index in [1.165, 1.54) is 0 Å². The van der Waals surface area contributed by atoms with Crippen LogP contribution in [0.4, 0.5) is 13.2 Å². The van der Waals surface area contributed by atoms with Crippen molar-refractivity contribution in [2.45, 2.75) is 16.5 Å². The Morgan fingerprint density at radius 2 is 1.17 bits per heavy atom. The highest BCUT2D eigenvalue weighted by Gasteiger charge is 2.44. The van der Waals surface area contributed by atoms with Gasteiger partial charge in [-0.05, 0) is 35.4 Å². The van der Waals surface area contributed by atoms with Gasteiger partial charge < -0.3 is 4.74 Å². The Hall–Kier alpha value is -2.49. The van der Waals surface area contributed by atoms with Crippen LogP contribution in [0.25, 0.3) is 0 Å². The molecule has 29 heavy (non-hydrogen) atoms. The molecule has 154 valence electrons. The molecule has 0 bridgehead atoms. The number of rotatable bonds is 4. The summed E-state index contributed by atoms with van der Waals surface area (Å²) in [6.45, 7) is 0. The third-order valence-corrected chi connectivity index (χ3v) is 4.47. The van der Waals surface area contributed by atoms with E-state index in [1.54, 1.807) is 0 Å². The smallest absolute Gasteiger partial charge is 0.481 e. The molecule has 0 unspecified atom stereocenters. The number of alkyl halides is 3. The quantitative estimate of drug-likeness (QED) is 0.317. The third-order valence-electron chi connectivity index (χ3n) is 3.59. The highest BCUT2D eigenvalue weighted by atomic mass is 32.2. The summed E-state index contributed by atoms with van der Waals surface area (Å²) in [5.41, 5.74) is -3.26. The average Bonchev–Trinajstić information content (AvgIpc) is 2.68. The third kappa shape index (κ3) is 7.12. The Morgan fingerprint density at radius 3 is 1.52 bits per heavy atom. The van der Waals surface area contributed by atoms with Gasteiger partial charge in [-0.2, -0.15) is 21.6 Å². The van der Waals surface area contributed by atoms with Gasteiger partial charge in [0.15, 0.2) is 0 Å². The molecule has 0 spiro atoms. The minimum atomic E-state index is -5.84.